The quantitative estimate of drug-likeness (QED) is 0.312. The summed E-state index contributed by atoms with van der Waals surface area (Å²) in [6.07, 6.45) is 1.36. The number of aliphatic imine (C=N–C) groups is 1. The molecule has 1 aromatic carbocycles. The van der Waals surface area contributed by atoms with Crippen LogP contribution in [0.2, 0.25) is 5.02 Å². The van der Waals surface area contributed by atoms with E-state index in [-0.39, 0.29) is 36.5 Å². The van der Waals surface area contributed by atoms with Gasteiger partial charge in [-0.1, -0.05) is 58.0 Å². The Morgan fingerprint density at radius 1 is 1.05 bits per heavy atom. The second-order valence-electron chi connectivity index (χ2n) is 12.0. The minimum Gasteiger partial charge on any atom is -0.357 e. The van der Waals surface area contributed by atoms with Crippen molar-refractivity contribution < 1.29 is 9.18 Å². The molecule has 1 saturated heterocycles. The van der Waals surface area contributed by atoms with Gasteiger partial charge in [-0.15, -0.1) is 0 Å². The van der Waals surface area contributed by atoms with E-state index in [1.54, 1.807) is 18.2 Å². The van der Waals surface area contributed by atoms with Crippen molar-refractivity contribution in [3.05, 3.63) is 70.8 Å². The number of carbonyl (C=O) groups is 1. The lowest BCUT2D eigenvalue weighted by Gasteiger charge is -2.46. The maximum absolute atomic E-state index is 15.1. The molecule has 2 aliphatic heterocycles. The Hall–Kier alpha value is -4.05. The first-order chi connectivity index (χ1) is 21.0. The van der Waals surface area contributed by atoms with Gasteiger partial charge in [0.2, 0.25) is 11.9 Å². The summed E-state index contributed by atoms with van der Waals surface area (Å²) in [6.45, 7) is 17.5. The lowest BCUT2D eigenvalue weighted by atomic mass is 9.99. The Labute approximate surface area is 263 Å². The molecule has 0 aliphatic carbocycles. The maximum Gasteiger partial charge on any atom is 0.246 e. The van der Waals surface area contributed by atoms with Crippen LogP contribution in [0.1, 0.15) is 70.3 Å². The van der Waals surface area contributed by atoms with Gasteiger partial charge in [-0.25, -0.2) is 24.3 Å². The number of anilines is 3. The number of amides is 1. The van der Waals surface area contributed by atoms with E-state index >= 15 is 4.39 Å². The molecule has 0 unspecified atom stereocenters. The summed E-state index contributed by atoms with van der Waals surface area (Å²) in [5.74, 6) is 1.53. The largest absolute Gasteiger partial charge is 0.357 e. The van der Waals surface area contributed by atoms with Crippen molar-refractivity contribution in [3.8, 4) is 11.3 Å². The number of nitrogens with zero attached hydrogens (tertiary/aromatic N) is 7. The first-order valence-electron chi connectivity index (χ1n) is 15.0. The number of piperazine rings is 1. The highest BCUT2D eigenvalue weighted by Crippen LogP contribution is 2.43. The van der Waals surface area contributed by atoms with Crippen LogP contribution in [-0.4, -0.2) is 75.4 Å². The van der Waals surface area contributed by atoms with Crippen molar-refractivity contribution in [2.75, 3.05) is 37.0 Å². The van der Waals surface area contributed by atoms with Gasteiger partial charge in [0.05, 0.1) is 33.4 Å². The molecule has 1 fully saturated rings. The fraction of sp³-hybridized carbons (Fsp3) is 0.424. The molecular formula is C33H40ClFN8O. The number of amidine groups is 1. The molecule has 0 saturated carbocycles. The van der Waals surface area contributed by atoms with Gasteiger partial charge >= 0.3 is 0 Å². The van der Waals surface area contributed by atoms with Gasteiger partial charge < -0.3 is 20.0 Å². The molecule has 9 nitrogen and oxygen atoms in total. The highest BCUT2D eigenvalue weighted by Gasteiger charge is 2.38. The topological polar surface area (TPSA) is 89.9 Å². The Bertz CT molecular complexity index is 1590. The van der Waals surface area contributed by atoms with Gasteiger partial charge in [-0.05, 0) is 50.0 Å². The molecule has 2 atom stereocenters. The predicted molar refractivity (Wildman–Crippen MR) is 175 cm³/mol. The van der Waals surface area contributed by atoms with E-state index < -0.39 is 5.82 Å². The summed E-state index contributed by atoms with van der Waals surface area (Å²) < 4.78 is 15.1. The number of pyridine rings is 1. The molecule has 2 aliphatic rings. The van der Waals surface area contributed by atoms with Gasteiger partial charge in [0, 0.05) is 37.8 Å². The number of aromatic nitrogens is 3. The molecule has 232 valence electrons. The fourth-order valence-electron chi connectivity index (χ4n) is 5.93. The fourth-order valence-corrected chi connectivity index (χ4v) is 6.19. The van der Waals surface area contributed by atoms with E-state index in [2.05, 4.69) is 51.4 Å². The lowest BCUT2D eigenvalue weighted by molar-refractivity contribution is -0.130. The SMILES string of the molecule is C=CC(=O)N1C[C@H](C)N(C2=NCN(c3c(C(C)C)nc(NC)nc3C(C)C)c3nc(-c4ccccc4F)c(Cl)cc32)C[C@H]1C. The molecule has 1 amide bonds. The average Bonchev–Trinajstić information content (AvgIpc) is 3.00. The van der Waals surface area contributed by atoms with Crippen LogP contribution in [0.15, 0.2) is 48.0 Å². The number of hydrogen-bond donors (Lipinski definition) is 1. The number of halogens is 2. The number of carbonyl (C=O) groups excluding carboxylic acids is 1. The maximum atomic E-state index is 15.1. The molecule has 2 aromatic heterocycles. The summed E-state index contributed by atoms with van der Waals surface area (Å²) in [5.41, 5.74) is 3.96. The van der Waals surface area contributed by atoms with E-state index in [9.17, 15) is 4.79 Å². The van der Waals surface area contributed by atoms with Crippen LogP contribution in [0.4, 0.5) is 21.8 Å². The van der Waals surface area contributed by atoms with Crippen LogP contribution in [-0.2, 0) is 4.79 Å². The second-order valence-corrected chi connectivity index (χ2v) is 12.4. The van der Waals surface area contributed by atoms with Crippen LogP contribution < -0.4 is 10.2 Å². The van der Waals surface area contributed by atoms with Crippen molar-refractivity contribution >= 4 is 40.8 Å². The molecule has 0 bridgehead atoms. The summed E-state index contributed by atoms with van der Waals surface area (Å²) in [4.78, 5) is 38.6. The number of fused-ring (bicyclic) bond motifs is 1. The van der Waals surface area contributed by atoms with Gasteiger partial charge in [-0.3, -0.25) is 4.79 Å². The highest BCUT2D eigenvalue weighted by molar-refractivity contribution is 6.33. The molecule has 11 heteroatoms. The molecule has 44 heavy (non-hydrogen) atoms. The Balaban J connectivity index is 1.73. The van der Waals surface area contributed by atoms with Gasteiger partial charge in [0.1, 0.15) is 24.1 Å². The van der Waals surface area contributed by atoms with Crippen molar-refractivity contribution in [3.63, 3.8) is 0 Å². The van der Waals surface area contributed by atoms with Crippen LogP contribution in [0.5, 0.6) is 0 Å². The van der Waals surface area contributed by atoms with Crippen molar-refractivity contribution in [2.24, 2.45) is 4.99 Å². The Morgan fingerprint density at radius 3 is 2.30 bits per heavy atom. The lowest BCUT2D eigenvalue weighted by Crippen LogP contribution is -2.59. The Kier molecular flexibility index (Phi) is 8.92. The van der Waals surface area contributed by atoms with E-state index in [4.69, 9.17) is 31.5 Å². The third-order valence-electron chi connectivity index (χ3n) is 8.18. The van der Waals surface area contributed by atoms with Crippen LogP contribution in [0, 0.1) is 5.82 Å². The smallest absolute Gasteiger partial charge is 0.246 e. The van der Waals surface area contributed by atoms with Crippen LogP contribution in [0.3, 0.4) is 0 Å². The number of rotatable bonds is 6. The van der Waals surface area contributed by atoms with E-state index in [0.717, 1.165) is 28.5 Å². The summed E-state index contributed by atoms with van der Waals surface area (Å²) in [6, 6.07) is 8.24. The average molecular weight is 619 g/mol. The van der Waals surface area contributed by atoms with Crippen molar-refractivity contribution in [2.45, 2.75) is 65.5 Å². The third-order valence-corrected chi connectivity index (χ3v) is 8.47. The number of hydrogen-bond acceptors (Lipinski definition) is 8. The summed E-state index contributed by atoms with van der Waals surface area (Å²) in [5, 5.41) is 3.42. The molecule has 1 N–H and O–H groups in total. The van der Waals surface area contributed by atoms with Crippen molar-refractivity contribution in [1.29, 1.82) is 0 Å². The zero-order valence-electron chi connectivity index (χ0n) is 26.4. The summed E-state index contributed by atoms with van der Waals surface area (Å²) in [7, 11) is 1.81. The summed E-state index contributed by atoms with van der Waals surface area (Å²) >= 11 is 6.90. The molecule has 5 rings (SSSR count). The molecule has 4 heterocycles. The minimum atomic E-state index is -0.406. The predicted octanol–water partition coefficient (Wildman–Crippen LogP) is 6.58. The van der Waals surface area contributed by atoms with Crippen LogP contribution in [0.25, 0.3) is 11.3 Å². The first-order valence-corrected chi connectivity index (χ1v) is 15.4. The van der Waals surface area contributed by atoms with E-state index in [1.807, 2.05) is 29.8 Å². The standard InChI is InChI=1S/C33H40ClFN8O/c1-9-26(44)41-15-21(7)42(16-20(41)6)31-23-14-24(34)29(22-12-10-11-13-25(22)35)38-32(23)43(17-37-31)30-27(18(2)3)39-33(36-8)40-28(30)19(4)5/h9-14,18-21H,1,15-17H2,2-8H3,(H,36,39,40)/t20-,21+/m1/s1. The monoisotopic (exact) mass is 618 g/mol. The van der Waals surface area contributed by atoms with Crippen LogP contribution >= 0.6 is 11.6 Å². The zero-order valence-corrected chi connectivity index (χ0v) is 27.2. The molecular weight excluding hydrogens is 579 g/mol. The normalized spacial score (nSPS) is 18.4. The minimum absolute atomic E-state index is 0.0334. The molecule has 3 aromatic rings. The number of benzene rings is 1. The van der Waals surface area contributed by atoms with Gasteiger partial charge in [0.25, 0.3) is 0 Å². The second kappa shape index (κ2) is 12.5. The van der Waals surface area contributed by atoms with Crippen molar-refractivity contribution in [1.82, 2.24) is 24.8 Å². The molecule has 0 spiro atoms. The van der Waals surface area contributed by atoms with E-state index in [1.165, 1.54) is 12.1 Å². The third kappa shape index (κ3) is 5.63. The van der Waals surface area contributed by atoms with Gasteiger partial charge in [0.15, 0.2) is 0 Å². The number of nitrogens with one attached hydrogen (secondary N) is 1. The molecule has 0 radical (unpaired) electrons. The van der Waals surface area contributed by atoms with E-state index in [0.29, 0.717) is 41.1 Å². The Morgan fingerprint density at radius 2 is 1.70 bits per heavy atom. The zero-order chi connectivity index (χ0) is 31.9. The first kappa shape index (κ1) is 31.4. The highest BCUT2D eigenvalue weighted by atomic mass is 35.5. The van der Waals surface area contributed by atoms with Gasteiger partial charge in [-0.2, -0.15) is 0 Å².